The lowest BCUT2D eigenvalue weighted by Crippen LogP contribution is -2.36. The smallest absolute Gasteiger partial charge is 0.376 e. The number of aromatic nitrogens is 4. The number of hydrogen-bond acceptors (Lipinski definition) is 8. The minimum absolute atomic E-state index is 0.0877. The third-order valence-corrected chi connectivity index (χ3v) is 10.2. The molecule has 7 rings (SSSR count). The molecule has 0 unspecified atom stereocenters. The van der Waals surface area contributed by atoms with Crippen molar-refractivity contribution >= 4 is 39.9 Å². The molecule has 38 heavy (non-hydrogen) atoms. The molecule has 0 bridgehead atoms. The minimum Gasteiger partial charge on any atom is -0.376 e. The van der Waals surface area contributed by atoms with Crippen LogP contribution in [0, 0.1) is 0 Å². The van der Waals surface area contributed by atoms with Crippen LogP contribution in [0.3, 0.4) is 0 Å². The van der Waals surface area contributed by atoms with Crippen LogP contribution in [0.1, 0.15) is 68.0 Å². The summed E-state index contributed by atoms with van der Waals surface area (Å²) in [6, 6.07) is 2.95. The lowest BCUT2D eigenvalue weighted by atomic mass is 10.1. The Morgan fingerprint density at radius 2 is 1.87 bits per heavy atom. The molecular weight excluding hydrogens is 531 g/mol. The zero-order valence-electron chi connectivity index (χ0n) is 20.9. The van der Waals surface area contributed by atoms with Gasteiger partial charge in [-0.15, -0.1) is 23.1 Å². The van der Waals surface area contributed by atoms with Crippen molar-refractivity contribution in [1.29, 1.82) is 0 Å². The van der Waals surface area contributed by atoms with Crippen LogP contribution in [0.4, 0.5) is 29.9 Å². The second kappa shape index (κ2) is 9.71. The van der Waals surface area contributed by atoms with Gasteiger partial charge in [-0.2, -0.15) is 18.3 Å². The van der Waals surface area contributed by atoms with Gasteiger partial charge in [0.05, 0.1) is 16.6 Å². The monoisotopic (exact) mass is 561 g/mol. The summed E-state index contributed by atoms with van der Waals surface area (Å²) in [7, 11) is 0. The lowest BCUT2D eigenvalue weighted by molar-refractivity contribution is -0.137. The Labute approximate surface area is 227 Å². The number of alkyl halides is 3. The van der Waals surface area contributed by atoms with Crippen molar-refractivity contribution in [3.63, 3.8) is 0 Å². The number of nitrogens with zero attached hydrogens (tertiary/aromatic N) is 5. The van der Waals surface area contributed by atoms with Gasteiger partial charge in [-0.25, -0.2) is 9.97 Å². The maximum absolute atomic E-state index is 14.0. The van der Waals surface area contributed by atoms with Gasteiger partial charge in [-0.3, -0.25) is 4.68 Å². The second-order valence-electron chi connectivity index (χ2n) is 10.7. The summed E-state index contributed by atoms with van der Waals surface area (Å²) in [4.78, 5) is 12.6. The van der Waals surface area contributed by atoms with Crippen LogP contribution < -0.4 is 10.6 Å². The highest BCUT2D eigenvalue weighted by Crippen LogP contribution is 2.47. The maximum atomic E-state index is 14.0. The molecule has 0 amide bonds. The number of likely N-dealkylation sites (tertiary alicyclic amines) is 1. The molecule has 3 aromatic rings. The molecule has 2 N–H and O–H groups in total. The average molecular weight is 562 g/mol. The Balaban J connectivity index is 1.18. The number of fused-ring (bicyclic) bond motifs is 1. The Hall–Kier alpha value is -2.31. The largest absolute Gasteiger partial charge is 0.420 e. The van der Waals surface area contributed by atoms with Crippen LogP contribution in [0.2, 0.25) is 0 Å². The van der Waals surface area contributed by atoms with Crippen molar-refractivity contribution in [3.8, 4) is 10.6 Å². The van der Waals surface area contributed by atoms with Crippen LogP contribution in [0.5, 0.6) is 0 Å². The number of piperidine rings is 1. The Kier molecular flexibility index (Phi) is 6.31. The Morgan fingerprint density at radius 3 is 2.61 bits per heavy atom. The van der Waals surface area contributed by atoms with E-state index in [2.05, 4.69) is 36.4 Å². The molecule has 7 nitrogen and oxygen atoms in total. The Bertz CT molecular complexity index is 1300. The van der Waals surface area contributed by atoms with Crippen molar-refractivity contribution < 1.29 is 13.2 Å². The highest BCUT2D eigenvalue weighted by molar-refractivity contribution is 7.99. The predicted octanol–water partition coefficient (Wildman–Crippen LogP) is 6.75. The lowest BCUT2D eigenvalue weighted by Gasteiger charge is -2.32. The first-order valence-electron chi connectivity index (χ1n) is 13.5. The van der Waals surface area contributed by atoms with Crippen LogP contribution in [-0.4, -0.2) is 56.1 Å². The first kappa shape index (κ1) is 24.7. The van der Waals surface area contributed by atoms with Crippen LogP contribution >= 0.6 is 23.1 Å². The summed E-state index contributed by atoms with van der Waals surface area (Å²) < 4.78 is 44.0. The molecular formula is C26H30F3N7S2. The fourth-order valence-electron chi connectivity index (χ4n) is 5.46. The number of anilines is 3. The average Bonchev–Trinajstić information content (AvgIpc) is 3.84. The van der Waals surface area contributed by atoms with Gasteiger partial charge in [0, 0.05) is 48.5 Å². The molecule has 4 aliphatic rings. The van der Waals surface area contributed by atoms with E-state index >= 15 is 0 Å². The quantitative estimate of drug-likeness (QED) is 0.345. The van der Waals surface area contributed by atoms with Gasteiger partial charge in [0.15, 0.2) is 5.82 Å². The van der Waals surface area contributed by atoms with Crippen molar-refractivity contribution in [2.24, 2.45) is 0 Å². The maximum Gasteiger partial charge on any atom is 0.420 e. The molecule has 0 radical (unpaired) electrons. The van der Waals surface area contributed by atoms with E-state index in [1.54, 1.807) is 11.8 Å². The fraction of sp³-hybridized carbons (Fsp3) is 0.577. The second-order valence-corrected chi connectivity index (χ2v) is 12.9. The number of nitrogens with one attached hydrogen (secondary N) is 2. The van der Waals surface area contributed by atoms with Crippen molar-refractivity contribution in [1.82, 2.24) is 24.6 Å². The van der Waals surface area contributed by atoms with Crippen LogP contribution in [0.25, 0.3) is 10.6 Å². The van der Waals surface area contributed by atoms with Gasteiger partial charge in [0.1, 0.15) is 10.6 Å². The normalized spacial score (nSPS) is 21.1. The highest BCUT2D eigenvalue weighted by Gasteiger charge is 2.37. The molecule has 0 aromatic carbocycles. The first-order chi connectivity index (χ1) is 18.4. The summed E-state index contributed by atoms with van der Waals surface area (Å²) in [6.07, 6.45) is 6.50. The van der Waals surface area contributed by atoms with E-state index in [-0.39, 0.29) is 11.6 Å². The molecule has 2 aliphatic heterocycles. The topological polar surface area (TPSA) is 70.9 Å². The molecule has 2 saturated carbocycles. The van der Waals surface area contributed by atoms with Gasteiger partial charge in [-0.1, -0.05) is 0 Å². The fourth-order valence-corrected chi connectivity index (χ4v) is 7.73. The van der Waals surface area contributed by atoms with Crippen LogP contribution in [-0.2, 0) is 6.18 Å². The van der Waals surface area contributed by atoms with E-state index in [4.69, 9.17) is 5.10 Å². The number of hydrogen-bond donors (Lipinski definition) is 2. The molecule has 3 fully saturated rings. The van der Waals surface area contributed by atoms with E-state index in [1.807, 2.05) is 6.07 Å². The Morgan fingerprint density at radius 1 is 1.05 bits per heavy atom. The number of rotatable bonds is 6. The summed E-state index contributed by atoms with van der Waals surface area (Å²) >= 11 is 2.99. The summed E-state index contributed by atoms with van der Waals surface area (Å²) in [5.74, 6) is 2.18. The minimum atomic E-state index is -4.55. The third kappa shape index (κ3) is 5.02. The van der Waals surface area contributed by atoms with Gasteiger partial charge in [-0.05, 0) is 62.7 Å². The van der Waals surface area contributed by atoms with Gasteiger partial charge in [0.25, 0.3) is 0 Å². The van der Waals surface area contributed by atoms with E-state index in [0.717, 1.165) is 85.2 Å². The summed E-state index contributed by atoms with van der Waals surface area (Å²) in [5.41, 5.74) is 0.207. The molecule has 12 heteroatoms. The van der Waals surface area contributed by atoms with E-state index < -0.39 is 11.7 Å². The SMILES string of the molecule is FC(F)(F)c1cnc(Nc2nn(C3CCN(C4CC4)CC3)cc2C2CC2)nc1-c1cc2c(s1)NCCCS2. The molecule has 0 spiro atoms. The van der Waals surface area contributed by atoms with Gasteiger partial charge < -0.3 is 15.5 Å². The third-order valence-electron chi connectivity index (χ3n) is 7.83. The molecule has 202 valence electrons. The van der Waals surface area contributed by atoms with Crippen molar-refractivity contribution in [2.75, 3.05) is 36.0 Å². The summed E-state index contributed by atoms with van der Waals surface area (Å²) in [5, 5.41) is 12.3. The number of halogens is 3. The van der Waals surface area contributed by atoms with E-state index in [9.17, 15) is 13.2 Å². The van der Waals surface area contributed by atoms with Crippen molar-refractivity contribution in [2.45, 2.75) is 74.0 Å². The van der Waals surface area contributed by atoms with Gasteiger partial charge in [0.2, 0.25) is 5.95 Å². The molecule has 3 aromatic heterocycles. The summed E-state index contributed by atoms with van der Waals surface area (Å²) in [6.45, 7) is 3.01. The standard InChI is InChI=1S/C26H30F3N7S2/c27-26(28,29)19-13-31-25(32-22(19)20-12-21-24(38-20)30-8-1-11-37-21)33-23-18(15-2-3-15)14-36(34-23)17-6-9-35(10-7-17)16-4-5-16/h12-17,30H,1-11H2,(H,31,32,33,34). The number of thioether (sulfide) groups is 1. The molecule has 2 aliphatic carbocycles. The number of thiophene rings is 1. The predicted molar refractivity (Wildman–Crippen MR) is 145 cm³/mol. The van der Waals surface area contributed by atoms with E-state index in [0.29, 0.717) is 22.7 Å². The van der Waals surface area contributed by atoms with Crippen molar-refractivity contribution in [3.05, 3.63) is 29.6 Å². The van der Waals surface area contributed by atoms with Crippen LogP contribution in [0.15, 0.2) is 23.4 Å². The van der Waals surface area contributed by atoms with Gasteiger partial charge >= 0.3 is 6.18 Å². The first-order valence-corrected chi connectivity index (χ1v) is 15.3. The van der Waals surface area contributed by atoms with E-state index in [1.165, 1.54) is 24.2 Å². The highest BCUT2D eigenvalue weighted by atomic mass is 32.2. The molecule has 1 saturated heterocycles. The molecule has 5 heterocycles. The zero-order valence-corrected chi connectivity index (χ0v) is 22.6. The molecule has 0 atom stereocenters. The zero-order chi connectivity index (χ0) is 25.9.